The Hall–Kier alpha value is -1.00. The highest BCUT2D eigenvalue weighted by Crippen LogP contribution is 2.36. The Morgan fingerprint density at radius 3 is 2.94 bits per heavy atom. The zero-order valence-electron chi connectivity index (χ0n) is 8.93. The molecule has 2 aliphatic heterocycles. The smallest absolute Gasteiger partial charge is 0.233 e. The molecule has 84 valence electrons. The fourth-order valence-corrected chi connectivity index (χ4v) is 3.71. The van der Waals surface area contributed by atoms with E-state index in [0.29, 0.717) is 5.75 Å². The molecule has 3 nitrogen and oxygen atoms in total. The zero-order valence-corrected chi connectivity index (χ0v) is 9.74. The number of nitrogens with zero attached hydrogens (tertiary/aromatic N) is 1. The minimum absolute atomic E-state index is 0.281. The van der Waals surface area contributed by atoms with Crippen molar-refractivity contribution >= 4 is 17.7 Å². The van der Waals surface area contributed by atoms with Gasteiger partial charge in [-0.3, -0.25) is 4.79 Å². The number of rotatable bonds is 1. The summed E-state index contributed by atoms with van der Waals surface area (Å²) in [7, 11) is 0. The number of hydrogen-bond donors (Lipinski definition) is 1. The molecule has 0 unspecified atom stereocenters. The Morgan fingerprint density at radius 1 is 1.31 bits per heavy atom. The van der Waals surface area contributed by atoms with Crippen molar-refractivity contribution < 1.29 is 4.79 Å². The van der Waals surface area contributed by atoms with Crippen molar-refractivity contribution in [2.24, 2.45) is 0 Å². The summed E-state index contributed by atoms with van der Waals surface area (Å²) in [5.41, 5.74) is 1.28. The molecule has 1 aromatic carbocycles. The molecule has 1 aromatic rings. The van der Waals surface area contributed by atoms with Crippen molar-refractivity contribution in [3.8, 4) is 0 Å². The molecule has 0 aromatic heterocycles. The van der Waals surface area contributed by atoms with Crippen LogP contribution in [0.15, 0.2) is 30.3 Å². The SMILES string of the molecule is O=C1CS[C@H]2[C@H](c3ccccc3)NCCN12. The van der Waals surface area contributed by atoms with Crippen LogP contribution in [0.25, 0.3) is 0 Å². The summed E-state index contributed by atoms with van der Waals surface area (Å²) < 4.78 is 0. The molecule has 1 N–H and O–H groups in total. The average Bonchev–Trinajstić information content (AvgIpc) is 2.73. The Balaban J connectivity index is 1.88. The lowest BCUT2D eigenvalue weighted by molar-refractivity contribution is -0.129. The van der Waals surface area contributed by atoms with E-state index in [1.165, 1.54) is 5.56 Å². The summed E-state index contributed by atoms with van der Waals surface area (Å²) in [6, 6.07) is 10.7. The average molecular weight is 234 g/mol. The van der Waals surface area contributed by atoms with Crippen LogP contribution < -0.4 is 5.32 Å². The molecule has 2 heterocycles. The van der Waals surface area contributed by atoms with E-state index in [0.717, 1.165) is 13.1 Å². The first kappa shape index (κ1) is 10.2. The molecule has 16 heavy (non-hydrogen) atoms. The number of amides is 1. The quantitative estimate of drug-likeness (QED) is 0.793. The molecule has 1 amide bonds. The number of hydrogen-bond acceptors (Lipinski definition) is 3. The van der Waals surface area contributed by atoms with Crippen molar-refractivity contribution in [1.82, 2.24) is 10.2 Å². The van der Waals surface area contributed by atoms with Gasteiger partial charge < -0.3 is 10.2 Å². The first-order chi connectivity index (χ1) is 7.86. The van der Waals surface area contributed by atoms with Gasteiger partial charge in [0.2, 0.25) is 5.91 Å². The van der Waals surface area contributed by atoms with Crippen LogP contribution in [0, 0.1) is 0 Å². The third kappa shape index (κ3) is 1.62. The predicted molar refractivity (Wildman–Crippen MR) is 65.1 cm³/mol. The van der Waals surface area contributed by atoms with Gasteiger partial charge in [0.15, 0.2) is 0 Å². The molecule has 0 radical (unpaired) electrons. The highest BCUT2D eigenvalue weighted by Gasteiger charge is 2.39. The number of carbonyl (C=O) groups is 1. The zero-order chi connectivity index (χ0) is 11.0. The summed E-state index contributed by atoms with van der Waals surface area (Å²) in [5.74, 6) is 0.924. The second kappa shape index (κ2) is 4.11. The maximum Gasteiger partial charge on any atom is 0.233 e. The third-order valence-corrected chi connectivity index (χ3v) is 4.45. The van der Waals surface area contributed by atoms with E-state index in [-0.39, 0.29) is 17.3 Å². The van der Waals surface area contributed by atoms with Gasteiger partial charge in [0.25, 0.3) is 0 Å². The third-order valence-electron chi connectivity index (χ3n) is 3.17. The van der Waals surface area contributed by atoms with Crippen LogP contribution in [0.3, 0.4) is 0 Å². The molecule has 0 aliphatic carbocycles. The number of piperazine rings is 1. The Bertz CT molecular complexity index is 395. The second-order valence-corrected chi connectivity index (χ2v) is 5.24. The van der Waals surface area contributed by atoms with Crippen LogP contribution in [0.2, 0.25) is 0 Å². The van der Waals surface area contributed by atoms with Crippen molar-refractivity contribution in [3.05, 3.63) is 35.9 Å². The maximum absolute atomic E-state index is 11.7. The van der Waals surface area contributed by atoms with Gasteiger partial charge in [-0.05, 0) is 5.56 Å². The van der Waals surface area contributed by atoms with Gasteiger partial charge in [-0.25, -0.2) is 0 Å². The first-order valence-corrected chi connectivity index (χ1v) is 6.60. The summed E-state index contributed by atoms with van der Waals surface area (Å²) >= 11 is 1.75. The number of benzene rings is 1. The van der Waals surface area contributed by atoms with Crippen molar-refractivity contribution in [2.75, 3.05) is 18.8 Å². The molecule has 3 rings (SSSR count). The van der Waals surface area contributed by atoms with Gasteiger partial charge in [0.1, 0.15) is 0 Å². The molecule has 2 aliphatic rings. The van der Waals surface area contributed by atoms with Crippen LogP contribution >= 0.6 is 11.8 Å². The van der Waals surface area contributed by atoms with E-state index in [9.17, 15) is 4.79 Å². The Labute approximate surface area is 99.2 Å². The lowest BCUT2D eigenvalue weighted by Crippen LogP contribution is -2.50. The van der Waals surface area contributed by atoms with E-state index >= 15 is 0 Å². The molecule has 2 fully saturated rings. The van der Waals surface area contributed by atoms with Gasteiger partial charge in [-0.1, -0.05) is 30.3 Å². The first-order valence-electron chi connectivity index (χ1n) is 5.56. The lowest BCUT2D eigenvalue weighted by Gasteiger charge is -2.37. The standard InChI is InChI=1S/C12H14N2OS/c15-10-8-16-12-11(13-6-7-14(10)12)9-4-2-1-3-5-9/h1-5,11-13H,6-8H2/t11-,12-/m0/s1. The Morgan fingerprint density at radius 2 is 2.12 bits per heavy atom. The molecule has 0 saturated carbocycles. The van der Waals surface area contributed by atoms with E-state index in [1.807, 2.05) is 11.0 Å². The van der Waals surface area contributed by atoms with Crippen molar-refractivity contribution in [2.45, 2.75) is 11.4 Å². The number of fused-ring (bicyclic) bond motifs is 1. The largest absolute Gasteiger partial charge is 0.327 e. The Kier molecular flexibility index (Phi) is 2.61. The normalized spacial score (nSPS) is 29.2. The van der Waals surface area contributed by atoms with Gasteiger partial charge in [-0.15, -0.1) is 11.8 Å². The molecule has 0 bridgehead atoms. The monoisotopic (exact) mass is 234 g/mol. The highest BCUT2D eigenvalue weighted by atomic mass is 32.2. The van der Waals surface area contributed by atoms with E-state index in [2.05, 4.69) is 29.6 Å². The highest BCUT2D eigenvalue weighted by molar-refractivity contribution is 8.01. The summed E-state index contributed by atoms with van der Waals surface area (Å²) in [6.07, 6.45) is 0. The maximum atomic E-state index is 11.7. The minimum atomic E-state index is 0.281. The van der Waals surface area contributed by atoms with Crippen LogP contribution in [0.4, 0.5) is 0 Å². The van der Waals surface area contributed by atoms with Gasteiger partial charge in [-0.2, -0.15) is 0 Å². The fraction of sp³-hybridized carbons (Fsp3) is 0.417. The topological polar surface area (TPSA) is 32.3 Å². The van der Waals surface area contributed by atoms with Gasteiger partial charge in [0.05, 0.1) is 17.2 Å². The number of thioether (sulfide) groups is 1. The molecular formula is C12H14N2OS. The predicted octanol–water partition coefficient (Wildman–Crippen LogP) is 1.23. The van der Waals surface area contributed by atoms with E-state index < -0.39 is 0 Å². The number of nitrogens with one attached hydrogen (secondary N) is 1. The van der Waals surface area contributed by atoms with E-state index in [1.54, 1.807) is 11.8 Å². The van der Waals surface area contributed by atoms with Gasteiger partial charge in [0, 0.05) is 13.1 Å². The van der Waals surface area contributed by atoms with E-state index in [4.69, 9.17) is 0 Å². The van der Waals surface area contributed by atoms with Crippen LogP contribution in [0.1, 0.15) is 11.6 Å². The summed E-state index contributed by atoms with van der Waals surface area (Å²) in [6.45, 7) is 1.74. The van der Waals surface area contributed by atoms with Crippen LogP contribution in [0.5, 0.6) is 0 Å². The molecular weight excluding hydrogens is 220 g/mol. The summed E-state index contributed by atoms with van der Waals surface area (Å²) in [5, 5.41) is 3.79. The van der Waals surface area contributed by atoms with Crippen LogP contribution in [-0.2, 0) is 4.79 Å². The lowest BCUT2D eigenvalue weighted by atomic mass is 10.0. The molecule has 2 atom stereocenters. The minimum Gasteiger partial charge on any atom is -0.327 e. The van der Waals surface area contributed by atoms with Crippen molar-refractivity contribution in [1.29, 1.82) is 0 Å². The van der Waals surface area contributed by atoms with Crippen LogP contribution in [-0.4, -0.2) is 35.0 Å². The number of carbonyl (C=O) groups excluding carboxylic acids is 1. The van der Waals surface area contributed by atoms with Crippen molar-refractivity contribution in [3.63, 3.8) is 0 Å². The second-order valence-electron chi connectivity index (χ2n) is 4.13. The molecule has 0 spiro atoms. The van der Waals surface area contributed by atoms with Gasteiger partial charge >= 0.3 is 0 Å². The summed E-state index contributed by atoms with van der Waals surface area (Å²) in [4.78, 5) is 13.7. The molecule has 2 saturated heterocycles. The molecule has 4 heteroatoms. The fourth-order valence-electron chi connectivity index (χ4n) is 2.38.